The van der Waals surface area contributed by atoms with E-state index in [9.17, 15) is 0 Å². The fourth-order valence-corrected chi connectivity index (χ4v) is 1.93. The van der Waals surface area contributed by atoms with E-state index in [0.717, 1.165) is 12.3 Å². The van der Waals surface area contributed by atoms with Gasteiger partial charge in [-0.25, -0.2) is 0 Å². The Morgan fingerprint density at radius 2 is 2.12 bits per heavy atom. The number of benzene rings is 1. The van der Waals surface area contributed by atoms with Crippen molar-refractivity contribution in [3.05, 3.63) is 42.6 Å². The number of hydrogen-bond donors (Lipinski definition) is 0. The van der Waals surface area contributed by atoms with Crippen molar-refractivity contribution in [2.24, 2.45) is 0 Å². The fourth-order valence-electron chi connectivity index (χ4n) is 1.93. The molecule has 1 aromatic carbocycles. The minimum atomic E-state index is 0.208. The highest BCUT2D eigenvalue weighted by molar-refractivity contribution is 5.86. The lowest BCUT2D eigenvalue weighted by Crippen LogP contribution is -2.05. The summed E-state index contributed by atoms with van der Waals surface area (Å²) in [6, 6.07) is 8.33. The molecule has 17 heavy (non-hydrogen) atoms. The van der Waals surface area contributed by atoms with E-state index < -0.39 is 0 Å². The highest BCUT2D eigenvalue weighted by Gasteiger charge is 2.06. The summed E-state index contributed by atoms with van der Waals surface area (Å²) in [4.78, 5) is 0. The molecule has 0 aliphatic rings. The summed E-state index contributed by atoms with van der Waals surface area (Å²) in [6.45, 7) is 7.05. The van der Waals surface area contributed by atoms with Gasteiger partial charge in [-0.3, -0.25) is 0 Å². The van der Waals surface area contributed by atoms with E-state index >= 15 is 0 Å². The van der Waals surface area contributed by atoms with Crippen LogP contribution in [0.3, 0.4) is 0 Å². The molecule has 0 atom stereocenters. The molecule has 0 radical (unpaired) electrons. The van der Waals surface area contributed by atoms with E-state index in [1.807, 2.05) is 19.1 Å². The Morgan fingerprint density at radius 1 is 1.29 bits per heavy atom. The summed E-state index contributed by atoms with van der Waals surface area (Å²) in [5.41, 5.74) is 1.22. The predicted octanol–water partition coefficient (Wildman–Crippen LogP) is 4.00. The molecule has 1 aromatic heterocycles. The number of hydrogen-bond acceptors (Lipinski definition) is 1. The van der Waals surface area contributed by atoms with E-state index in [2.05, 4.69) is 48.9 Å². The van der Waals surface area contributed by atoms with Crippen molar-refractivity contribution >= 4 is 10.9 Å². The second-order valence-electron chi connectivity index (χ2n) is 4.39. The van der Waals surface area contributed by atoms with E-state index in [1.54, 1.807) is 0 Å². The van der Waals surface area contributed by atoms with Crippen LogP contribution in [0.2, 0.25) is 0 Å². The maximum atomic E-state index is 5.81. The lowest BCUT2D eigenvalue weighted by Gasteiger charge is -2.11. The lowest BCUT2D eigenvalue weighted by atomic mass is 10.2. The molecule has 2 rings (SSSR count). The maximum absolute atomic E-state index is 5.81. The summed E-state index contributed by atoms with van der Waals surface area (Å²) in [7, 11) is 0. The third-order valence-corrected chi connectivity index (χ3v) is 2.67. The molecular weight excluding hydrogens is 210 g/mol. The van der Waals surface area contributed by atoms with Crippen LogP contribution >= 0.6 is 0 Å². The first-order valence-electron chi connectivity index (χ1n) is 6.08. The largest absolute Gasteiger partial charge is 0.490 e. The van der Waals surface area contributed by atoms with Crippen LogP contribution in [0.4, 0.5) is 0 Å². The first-order valence-corrected chi connectivity index (χ1v) is 6.08. The van der Waals surface area contributed by atoms with Gasteiger partial charge >= 0.3 is 0 Å². The predicted molar refractivity (Wildman–Crippen MR) is 72.5 cm³/mol. The summed E-state index contributed by atoms with van der Waals surface area (Å²) in [6.07, 6.45) is 6.53. The zero-order valence-corrected chi connectivity index (χ0v) is 10.7. The number of aromatic nitrogens is 1. The molecule has 2 heteroatoms. The third kappa shape index (κ3) is 2.52. The van der Waals surface area contributed by atoms with Crippen LogP contribution in [0.15, 0.2) is 42.6 Å². The molecule has 0 aliphatic heterocycles. The van der Waals surface area contributed by atoms with Crippen molar-refractivity contribution in [1.82, 2.24) is 4.57 Å². The van der Waals surface area contributed by atoms with Gasteiger partial charge in [0.25, 0.3) is 0 Å². The molecule has 0 fully saturated rings. The van der Waals surface area contributed by atoms with Crippen LogP contribution in [0.25, 0.3) is 10.9 Å². The number of fused-ring (bicyclic) bond motifs is 1. The third-order valence-electron chi connectivity index (χ3n) is 2.67. The summed E-state index contributed by atoms with van der Waals surface area (Å²) in [5.74, 6) is 0.969. The lowest BCUT2D eigenvalue weighted by molar-refractivity contribution is 0.245. The number of rotatable bonds is 4. The van der Waals surface area contributed by atoms with Gasteiger partial charge in [-0.05, 0) is 39.0 Å². The van der Waals surface area contributed by atoms with Gasteiger partial charge in [0.1, 0.15) is 5.75 Å². The molecule has 0 aliphatic carbocycles. The Balaban J connectivity index is 2.41. The topological polar surface area (TPSA) is 14.2 Å². The maximum Gasteiger partial charge on any atom is 0.129 e. The van der Waals surface area contributed by atoms with Gasteiger partial charge in [-0.2, -0.15) is 0 Å². The van der Waals surface area contributed by atoms with Crippen LogP contribution in [-0.2, 0) is 6.54 Å². The monoisotopic (exact) mass is 229 g/mol. The van der Waals surface area contributed by atoms with Gasteiger partial charge < -0.3 is 9.30 Å². The van der Waals surface area contributed by atoms with Crippen LogP contribution in [0.5, 0.6) is 5.75 Å². The van der Waals surface area contributed by atoms with Gasteiger partial charge in [0.2, 0.25) is 0 Å². The summed E-state index contributed by atoms with van der Waals surface area (Å²) in [5, 5.41) is 1.19. The molecule has 90 valence electrons. The van der Waals surface area contributed by atoms with Crippen molar-refractivity contribution in [3.63, 3.8) is 0 Å². The highest BCUT2D eigenvalue weighted by atomic mass is 16.5. The molecule has 0 bridgehead atoms. The molecule has 0 unspecified atom stereocenters. The van der Waals surface area contributed by atoms with Crippen LogP contribution in [0, 0.1) is 0 Å². The van der Waals surface area contributed by atoms with E-state index in [0.29, 0.717) is 0 Å². The Hall–Kier alpha value is -1.70. The first-order chi connectivity index (χ1) is 8.22. The van der Waals surface area contributed by atoms with Gasteiger partial charge in [0.15, 0.2) is 0 Å². The molecule has 2 nitrogen and oxygen atoms in total. The minimum absolute atomic E-state index is 0.208. The SMILES string of the molecule is C/C=C/Cn1ccc2c(OC(C)C)cccc21. The second kappa shape index (κ2) is 5.09. The first kappa shape index (κ1) is 11.8. The van der Waals surface area contributed by atoms with E-state index in [4.69, 9.17) is 4.74 Å². The van der Waals surface area contributed by atoms with Crippen LogP contribution in [-0.4, -0.2) is 10.7 Å². The van der Waals surface area contributed by atoms with Crippen LogP contribution < -0.4 is 4.74 Å². The molecular formula is C15H19NO. The zero-order chi connectivity index (χ0) is 12.3. The Kier molecular flexibility index (Phi) is 3.52. The smallest absolute Gasteiger partial charge is 0.129 e. The van der Waals surface area contributed by atoms with Gasteiger partial charge in [-0.1, -0.05) is 18.2 Å². The van der Waals surface area contributed by atoms with Gasteiger partial charge in [-0.15, -0.1) is 0 Å². The average molecular weight is 229 g/mol. The fraction of sp³-hybridized carbons (Fsp3) is 0.333. The average Bonchev–Trinajstić information content (AvgIpc) is 2.70. The molecule has 2 aromatic rings. The highest BCUT2D eigenvalue weighted by Crippen LogP contribution is 2.27. The van der Waals surface area contributed by atoms with Gasteiger partial charge in [0, 0.05) is 18.1 Å². The Bertz CT molecular complexity index is 523. The van der Waals surface area contributed by atoms with Crippen molar-refractivity contribution < 1.29 is 4.74 Å². The number of ether oxygens (including phenoxy) is 1. The van der Waals surface area contributed by atoms with E-state index in [-0.39, 0.29) is 6.10 Å². The molecule has 0 amide bonds. The minimum Gasteiger partial charge on any atom is -0.490 e. The zero-order valence-electron chi connectivity index (χ0n) is 10.7. The number of nitrogens with zero attached hydrogens (tertiary/aromatic N) is 1. The van der Waals surface area contributed by atoms with Crippen LogP contribution in [0.1, 0.15) is 20.8 Å². The Labute approximate surface area is 103 Å². The molecule has 0 saturated heterocycles. The van der Waals surface area contributed by atoms with Crippen molar-refractivity contribution in [2.75, 3.05) is 0 Å². The molecule has 1 heterocycles. The van der Waals surface area contributed by atoms with Crippen molar-refractivity contribution in [2.45, 2.75) is 33.4 Å². The van der Waals surface area contributed by atoms with Gasteiger partial charge in [0.05, 0.1) is 11.6 Å². The van der Waals surface area contributed by atoms with E-state index in [1.165, 1.54) is 10.9 Å². The standard InChI is InChI=1S/C15H19NO/c1-4-5-10-16-11-9-13-14(16)7-6-8-15(13)17-12(2)3/h4-9,11-12H,10H2,1-3H3/b5-4+. The number of allylic oxidation sites excluding steroid dienone is 2. The summed E-state index contributed by atoms with van der Waals surface area (Å²) < 4.78 is 8.04. The van der Waals surface area contributed by atoms with Crippen molar-refractivity contribution in [3.8, 4) is 5.75 Å². The Morgan fingerprint density at radius 3 is 2.82 bits per heavy atom. The molecule has 0 N–H and O–H groups in total. The second-order valence-corrected chi connectivity index (χ2v) is 4.39. The summed E-state index contributed by atoms with van der Waals surface area (Å²) >= 11 is 0. The molecule has 0 spiro atoms. The molecule has 0 saturated carbocycles. The normalized spacial score (nSPS) is 11.8. The van der Waals surface area contributed by atoms with Crippen molar-refractivity contribution in [1.29, 1.82) is 0 Å². The quantitative estimate of drug-likeness (QED) is 0.723.